The molecule has 0 atom stereocenters. The summed E-state index contributed by atoms with van der Waals surface area (Å²) in [6.45, 7) is 15.8. The van der Waals surface area contributed by atoms with Gasteiger partial charge in [0, 0.05) is 5.69 Å². The minimum Gasteiger partial charge on any atom is -0.387 e. The number of anilines is 1. The van der Waals surface area contributed by atoms with E-state index in [1.807, 2.05) is 0 Å². The average Bonchev–Trinajstić information content (AvgIpc) is 2.24. The van der Waals surface area contributed by atoms with Crippen LogP contribution in [0.1, 0.15) is 34.2 Å². The van der Waals surface area contributed by atoms with Gasteiger partial charge in [0.1, 0.15) is 0 Å². The van der Waals surface area contributed by atoms with Crippen LogP contribution in [0.2, 0.25) is 0 Å². The molecule has 0 saturated carbocycles. The first-order valence-corrected chi connectivity index (χ1v) is 5.60. The zero-order chi connectivity index (χ0) is 11.6. The van der Waals surface area contributed by atoms with Gasteiger partial charge in [0.05, 0.1) is 0 Å². The van der Waals surface area contributed by atoms with E-state index in [4.69, 9.17) is 0 Å². The molecule has 88 valence electrons. The van der Waals surface area contributed by atoms with Crippen molar-refractivity contribution >= 4 is 5.69 Å². The molecular weight excluding hydrogens is 366 g/mol. The minimum atomic E-state index is 0. The van der Waals surface area contributed by atoms with E-state index in [0.717, 1.165) is 13.0 Å². The summed E-state index contributed by atoms with van der Waals surface area (Å²) in [5.74, 6) is 0. The van der Waals surface area contributed by atoms with Crippen LogP contribution in [0, 0.1) is 41.5 Å². The molecule has 0 bridgehead atoms. The molecule has 0 unspecified atom stereocenters. The van der Waals surface area contributed by atoms with Crippen LogP contribution in [0.5, 0.6) is 0 Å². The summed E-state index contributed by atoms with van der Waals surface area (Å²) >= 11 is 0. The van der Waals surface area contributed by atoms with Crippen molar-refractivity contribution in [2.24, 2.45) is 0 Å². The van der Waals surface area contributed by atoms with E-state index in [2.05, 4.69) is 46.9 Å². The van der Waals surface area contributed by atoms with Gasteiger partial charge in [0.25, 0.3) is 0 Å². The molecule has 2 heteroatoms. The summed E-state index contributed by atoms with van der Waals surface area (Å²) in [6, 6.07) is 0. The molecule has 1 nitrogen and oxygen atoms in total. The van der Waals surface area contributed by atoms with Crippen LogP contribution in [0.3, 0.4) is 0 Å². The Kier molecular flexibility index (Phi) is 6.33. The van der Waals surface area contributed by atoms with Gasteiger partial charge in [-0.25, -0.2) is 0 Å². The van der Waals surface area contributed by atoms with E-state index in [0.29, 0.717) is 0 Å². The third-order valence-electron chi connectivity index (χ3n) is 3.48. The third-order valence-corrected chi connectivity index (χ3v) is 3.48. The van der Waals surface area contributed by atoms with Crippen molar-refractivity contribution in [3.63, 3.8) is 0 Å². The number of rotatable bonds is 3. The Balaban J connectivity index is 0.00000225. The summed E-state index contributed by atoms with van der Waals surface area (Å²) in [5.41, 5.74) is 8.30. The van der Waals surface area contributed by atoms with E-state index < -0.39 is 0 Å². The van der Waals surface area contributed by atoms with Crippen molar-refractivity contribution < 1.29 is 21.1 Å². The van der Waals surface area contributed by atoms with Gasteiger partial charge in [-0.3, -0.25) is 0 Å². The van der Waals surface area contributed by atoms with Crippen LogP contribution >= 0.6 is 0 Å². The van der Waals surface area contributed by atoms with Crippen molar-refractivity contribution in [2.45, 2.75) is 41.0 Å². The minimum absolute atomic E-state index is 0. The van der Waals surface area contributed by atoms with E-state index in [-0.39, 0.29) is 21.1 Å². The predicted molar refractivity (Wildman–Crippen MR) is 68.6 cm³/mol. The fourth-order valence-electron chi connectivity index (χ4n) is 1.98. The Morgan fingerprint density at radius 1 is 0.812 bits per heavy atom. The topological polar surface area (TPSA) is 12.0 Å². The van der Waals surface area contributed by atoms with Crippen molar-refractivity contribution in [1.29, 1.82) is 0 Å². The molecule has 16 heavy (non-hydrogen) atoms. The molecule has 0 aromatic heterocycles. The van der Waals surface area contributed by atoms with Crippen LogP contribution in [-0.4, -0.2) is 6.54 Å². The molecule has 1 N–H and O–H groups in total. The Morgan fingerprint density at radius 3 is 1.56 bits per heavy atom. The second kappa shape index (κ2) is 6.45. The summed E-state index contributed by atoms with van der Waals surface area (Å²) < 4.78 is 0. The van der Waals surface area contributed by atoms with Gasteiger partial charge in [-0.2, -0.15) is 6.42 Å². The molecule has 1 rings (SSSR count). The predicted octanol–water partition coefficient (Wildman–Crippen LogP) is 3.86. The normalized spacial score (nSPS) is 9.88. The second-order valence-corrected chi connectivity index (χ2v) is 4.28. The molecule has 0 spiro atoms. The summed E-state index contributed by atoms with van der Waals surface area (Å²) in [6.07, 6.45) is 0.921. The molecule has 1 aromatic carbocycles. The number of hydrogen-bond acceptors (Lipinski definition) is 1. The van der Waals surface area contributed by atoms with E-state index in [1.54, 1.807) is 0 Å². The molecule has 0 amide bonds. The van der Waals surface area contributed by atoms with Crippen molar-refractivity contribution in [2.75, 3.05) is 11.9 Å². The van der Waals surface area contributed by atoms with Gasteiger partial charge in [-0.15, -0.1) is 0 Å². The quantitative estimate of drug-likeness (QED) is 0.776. The standard InChI is InChI=1S/C14H22N.W/c1-7-8-15-14-12(5)10(3)9(2)11(4)13(14)6;/h15H,1,7-8H2,2-6H3;/q-1;+2. The fourth-order valence-corrected chi connectivity index (χ4v) is 1.98. The average molecular weight is 388 g/mol. The fraction of sp³-hybridized carbons (Fsp3) is 0.500. The molecule has 0 radical (unpaired) electrons. The Bertz CT molecular complexity index is 340. The van der Waals surface area contributed by atoms with Crippen LogP contribution in [-0.2, 0) is 21.1 Å². The molecular formula is C14H22NW+. The number of benzene rings is 1. The van der Waals surface area contributed by atoms with Crippen molar-refractivity contribution in [3.05, 3.63) is 34.7 Å². The van der Waals surface area contributed by atoms with Gasteiger partial charge in [-0.1, -0.05) is 0 Å². The Morgan fingerprint density at radius 2 is 1.19 bits per heavy atom. The smallest absolute Gasteiger partial charge is 0.387 e. The van der Waals surface area contributed by atoms with Gasteiger partial charge in [0.2, 0.25) is 0 Å². The second-order valence-electron chi connectivity index (χ2n) is 4.28. The zero-order valence-corrected chi connectivity index (χ0v) is 14.0. The van der Waals surface area contributed by atoms with Crippen LogP contribution in [0.4, 0.5) is 5.69 Å². The molecule has 1 aromatic rings. The first-order valence-electron chi connectivity index (χ1n) is 5.60. The first-order chi connectivity index (χ1) is 7.00. The van der Waals surface area contributed by atoms with E-state index >= 15 is 0 Å². The summed E-state index contributed by atoms with van der Waals surface area (Å²) in [5, 5.41) is 3.48. The summed E-state index contributed by atoms with van der Waals surface area (Å²) in [7, 11) is 0. The van der Waals surface area contributed by atoms with Gasteiger partial charge in [-0.05, 0) is 69.0 Å². The largest absolute Gasteiger partial charge is 2.00 e. The van der Waals surface area contributed by atoms with E-state index in [9.17, 15) is 0 Å². The number of nitrogens with one attached hydrogen (secondary N) is 1. The van der Waals surface area contributed by atoms with Crippen LogP contribution in [0.15, 0.2) is 0 Å². The maximum Gasteiger partial charge on any atom is 2.00 e. The Hall–Kier alpha value is -0.292. The molecule has 0 heterocycles. The van der Waals surface area contributed by atoms with Gasteiger partial charge < -0.3 is 12.2 Å². The van der Waals surface area contributed by atoms with Crippen molar-refractivity contribution in [1.82, 2.24) is 0 Å². The van der Waals surface area contributed by atoms with Gasteiger partial charge in [0.15, 0.2) is 0 Å². The van der Waals surface area contributed by atoms with Crippen molar-refractivity contribution in [3.8, 4) is 0 Å². The maximum atomic E-state index is 3.86. The SMILES string of the molecule is [CH2-]CCNc1c(C)c(C)c(C)c(C)c1C.[W+2]. The first kappa shape index (κ1) is 15.7. The molecule has 0 aliphatic rings. The van der Waals surface area contributed by atoms with Crippen LogP contribution < -0.4 is 5.32 Å². The summed E-state index contributed by atoms with van der Waals surface area (Å²) in [4.78, 5) is 0. The number of hydrogen-bond donors (Lipinski definition) is 1. The van der Waals surface area contributed by atoms with Gasteiger partial charge >= 0.3 is 21.1 Å². The maximum absolute atomic E-state index is 3.86. The monoisotopic (exact) mass is 388 g/mol. The zero-order valence-electron chi connectivity index (χ0n) is 11.0. The third kappa shape index (κ3) is 2.88. The molecule has 0 aliphatic carbocycles. The van der Waals surface area contributed by atoms with E-state index in [1.165, 1.54) is 33.5 Å². The Labute approximate surface area is 114 Å². The molecule has 0 saturated heterocycles. The van der Waals surface area contributed by atoms with Crippen LogP contribution in [0.25, 0.3) is 0 Å². The molecule has 0 aliphatic heterocycles. The molecule has 0 fully saturated rings.